The van der Waals surface area contributed by atoms with Crippen LogP contribution < -0.4 is 11.1 Å². The molecular weight excluding hydrogens is 176 g/mol. The molecular formula is C11H20N2O. The smallest absolute Gasteiger partial charge is 0.224 e. The van der Waals surface area contributed by atoms with E-state index >= 15 is 0 Å². The molecule has 0 aromatic carbocycles. The summed E-state index contributed by atoms with van der Waals surface area (Å²) in [5.41, 5.74) is 6.88. The number of nitrogens with one attached hydrogen (secondary N) is 1. The Morgan fingerprint density at radius 1 is 1.50 bits per heavy atom. The van der Waals surface area contributed by atoms with E-state index in [0.717, 1.165) is 31.3 Å². The molecule has 2 unspecified atom stereocenters. The number of nitrogens with two attached hydrogens (primary N) is 1. The summed E-state index contributed by atoms with van der Waals surface area (Å²) < 4.78 is 0. The van der Waals surface area contributed by atoms with E-state index in [1.165, 1.54) is 0 Å². The molecule has 1 aliphatic carbocycles. The van der Waals surface area contributed by atoms with Crippen LogP contribution in [0.15, 0.2) is 12.2 Å². The average molecular weight is 196 g/mol. The first-order chi connectivity index (χ1) is 6.61. The summed E-state index contributed by atoms with van der Waals surface area (Å²) in [6.45, 7) is 6.22. The van der Waals surface area contributed by atoms with Crippen LogP contribution in [0.1, 0.15) is 32.6 Å². The normalized spacial score (nSPS) is 27.0. The maximum absolute atomic E-state index is 11.7. The van der Waals surface area contributed by atoms with Crippen LogP contribution in [-0.2, 0) is 4.79 Å². The Kier molecular flexibility index (Phi) is 4.14. The van der Waals surface area contributed by atoms with Crippen molar-refractivity contribution in [3.8, 4) is 0 Å². The van der Waals surface area contributed by atoms with Gasteiger partial charge in [-0.2, -0.15) is 0 Å². The Labute approximate surface area is 85.7 Å². The van der Waals surface area contributed by atoms with Crippen molar-refractivity contribution in [1.82, 2.24) is 5.32 Å². The molecule has 1 aliphatic rings. The zero-order valence-electron chi connectivity index (χ0n) is 8.88. The van der Waals surface area contributed by atoms with Crippen molar-refractivity contribution in [2.24, 2.45) is 11.7 Å². The van der Waals surface area contributed by atoms with Crippen LogP contribution in [0, 0.1) is 5.92 Å². The van der Waals surface area contributed by atoms with Crippen LogP contribution >= 0.6 is 0 Å². The summed E-state index contributed by atoms with van der Waals surface area (Å²) in [4.78, 5) is 11.7. The predicted molar refractivity (Wildman–Crippen MR) is 57.8 cm³/mol. The van der Waals surface area contributed by atoms with Gasteiger partial charge in [0.05, 0.1) is 5.92 Å². The molecule has 3 nitrogen and oxygen atoms in total. The topological polar surface area (TPSA) is 55.1 Å². The fourth-order valence-electron chi connectivity index (χ4n) is 1.85. The van der Waals surface area contributed by atoms with Gasteiger partial charge < -0.3 is 11.1 Å². The zero-order chi connectivity index (χ0) is 10.6. The third-order valence-corrected chi connectivity index (χ3v) is 2.72. The molecule has 0 aromatic heterocycles. The second kappa shape index (κ2) is 5.15. The molecule has 0 aliphatic heterocycles. The lowest BCUT2D eigenvalue weighted by molar-refractivity contribution is -0.126. The summed E-state index contributed by atoms with van der Waals surface area (Å²) >= 11 is 0. The Morgan fingerprint density at radius 3 is 2.71 bits per heavy atom. The second-order valence-corrected chi connectivity index (χ2v) is 4.23. The van der Waals surface area contributed by atoms with E-state index in [1.54, 1.807) is 0 Å². The highest BCUT2D eigenvalue weighted by atomic mass is 16.1. The number of hydrogen-bond acceptors (Lipinski definition) is 2. The van der Waals surface area contributed by atoms with E-state index in [9.17, 15) is 4.79 Å². The van der Waals surface area contributed by atoms with Crippen LogP contribution in [-0.4, -0.2) is 18.5 Å². The monoisotopic (exact) mass is 196 g/mol. The molecule has 14 heavy (non-hydrogen) atoms. The van der Waals surface area contributed by atoms with Crippen molar-refractivity contribution in [1.29, 1.82) is 0 Å². The first-order valence-corrected chi connectivity index (χ1v) is 5.29. The molecule has 0 radical (unpaired) electrons. The Morgan fingerprint density at radius 2 is 2.14 bits per heavy atom. The highest BCUT2D eigenvalue weighted by Crippen LogP contribution is 2.22. The van der Waals surface area contributed by atoms with Crippen LogP contribution in [0.25, 0.3) is 0 Å². The molecule has 0 aromatic rings. The van der Waals surface area contributed by atoms with Gasteiger partial charge in [0.2, 0.25) is 5.91 Å². The maximum Gasteiger partial charge on any atom is 0.224 e. The van der Waals surface area contributed by atoms with Gasteiger partial charge >= 0.3 is 0 Å². The van der Waals surface area contributed by atoms with Crippen molar-refractivity contribution in [2.45, 2.75) is 38.6 Å². The molecule has 1 fully saturated rings. The molecule has 1 amide bonds. The largest absolute Gasteiger partial charge is 0.352 e. The summed E-state index contributed by atoms with van der Waals surface area (Å²) in [5, 5.41) is 2.86. The Bertz CT molecular complexity index is 225. The van der Waals surface area contributed by atoms with Crippen LogP contribution in [0.2, 0.25) is 0 Å². The number of rotatable bonds is 3. The molecule has 0 saturated heterocycles. The number of carbonyl (C=O) groups is 1. The molecule has 3 heteroatoms. The highest BCUT2D eigenvalue weighted by molar-refractivity contribution is 5.79. The van der Waals surface area contributed by atoms with E-state index in [1.807, 2.05) is 6.92 Å². The van der Waals surface area contributed by atoms with E-state index in [0.29, 0.717) is 6.54 Å². The Hall–Kier alpha value is -0.830. The first kappa shape index (κ1) is 11.2. The van der Waals surface area contributed by atoms with Gasteiger partial charge in [0.1, 0.15) is 0 Å². The van der Waals surface area contributed by atoms with E-state index in [-0.39, 0.29) is 17.9 Å². The van der Waals surface area contributed by atoms with Crippen molar-refractivity contribution < 1.29 is 4.79 Å². The molecule has 0 heterocycles. The van der Waals surface area contributed by atoms with Gasteiger partial charge in [-0.1, -0.05) is 25.0 Å². The highest BCUT2D eigenvalue weighted by Gasteiger charge is 2.27. The Balaban J connectivity index is 2.38. The van der Waals surface area contributed by atoms with Gasteiger partial charge in [-0.25, -0.2) is 0 Å². The first-order valence-electron chi connectivity index (χ1n) is 5.29. The quantitative estimate of drug-likeness (QED) is 0.666. The van der Waals surface area contributed by atoms with Crippen molar-refractivity contribution >= 4 is 5.91 Å². The molecule has 0 bridgehead atoms. The minimum Gasteiger partial charge on any atom is -0.352 e. The standard InChI is InChI=1S/C11H20N2O/c1-8(2)7-13-11(14)9-5-3-4-6-10(9)12/h9-10H,1,3-7,12H2,2H3,(H,13,14). The number of amides is 1. The molecule has 0 spiro atoms. The van der Waals surface area contributed by atoms with Crippen LogP contribution in [0.5, 0.6) is 0 Å². The fraction of sp³-hybridized carbons (Fsp3) is 0.727. The van der Waals surface area contributed by atoms with Gasteiger partial charge in [-0.3, -0.25) is 4.79 Å². The number of hydrogen-bond donors (Lipinski definition) is 2. The van der Waals surface area contributed by atoms with Crippen molar-refractivity contribution in [3.63, 3.8) is 0 Å². The summed E-state index contributed by atoms with van der Waals surface area (Å²) in [7, 11) is 0. The summed E-state index contributed by atoms with van der Waals surface area (Å²) in [5.74, 6) is 0.114. The third-order valence-electron chi connectivity index (χ3n) is 2.72. The van der Waals surface area contributed by atoms with E-state index in [2.05, 4.69) is 11.9 Å². The zero-order valence-corrected chi connectivity index (χ0v) is 8.88. The van der Waals surface area contributed by atoms with Gasteiger partial charge in [0.25, 0.3) is 0 Å². The molecule has 2 atom stereocenters. The average Bonchev–Trinajstić information content (AvgIpc) is 2.15. The van der Waals surface area contributed by atoms with Gasteiger partial charge in [0.15, 0.2) is 0 Å². The molecule has 3 N–H and O–H groups in total. The van der Waals surface area contributed by atoms with Crippen LogP contribution in [0.3, 0.4) is 0 Å². The minimum atomic E-state index is 0.0168. The molecule has 1 saturated carbocycles. The minimum absolute atomic E-state index is 0.0168. The SMILES string of the molecule is C=C(C)CNC(=O)C1CCCCC1N. The lowest BCUT2D eigenvalue weighted by Crippen LogP contribution is -2.44. The van der Waals surface area contributed by atoms with Crippen molar-refractivity contribution in [3.05, 3.63) is 12.2 Å². The van der Waals surface area contributed by atoms with Crippen LogP contribution in [0.4, 0.5) is 0 Å². The molecule has 1 rings (SSSR count). The lowest BCUT2D eigenvalue weighted by Gasteiger charge is -2.27. The fourth-order valence-corrected chi connectivity index (χ4v) is 1.85. The molecule has 80 valence electrons. The summed E-state index contributed by atoms with van der Waals surface area (Å²) in [6.07, 6.45) is 4.19. The second-order valence-electron chi connectivity index (χ2n) is 4.23. The van der Waals surface area contributed by atoms with Gasteiger partial charge in [0, 0.05) is 12.6 Å². The van der Waals surface area contributed by atoms with E-state index < -0.39 is 0 Å². The third kappa shape index (κ3) is 3.14. The predicted octanol–water partition coefficient (Wildman–Crippen LogP) is 1.20. The van der Waals surface area contributed by atoms with Crippen molar-refractivity contribution in [2.75, 3.05) is 6.54 Å². The van der Waals surface area contributed by atoms with Gasteiger partial charge in [-0.05, 0) is 19.8 Å². The lowest BCUT2D eigenvalue weighted by atomic mass is 9.84. The van der Waals surface area contributed by atoms with E-state index in [4.69, 9.17) is 5.73 Å². The van der Waals surface area contributed by atoms with Gasteiger partial charge in [-0.15, -0.1) is 0 Å². The maximum atomic E-state index is 11.7. The summed E-state index contributed by atoms with van der Waals surface area (Å²) in [6, 6.07) is 0.0499. The number of carbonyl (C=O) groups excluding carboxylic acids is 1.